The van der Waals surface area contributed by atoms with Gasteiger partial charge in [-0.25, -0.2) is 4.68 Å². The van der Waals surface area contributed by atoms with E-state index < -0.39 is 0 Å². The molecule has 0 aliphatic heterocycles. The van der Waals surface area contributed by atoms with E-state index in [0.29, 0.717) is 12.3 Å². The van der Waals surface area contributed by atoms with Gasteiger partial charge < -0.3 is 10.4 Å². The first-order chi connectivity index (χ1) is 10.3. The van der Waals surface area contributed by atoms with Crippen LogP contribution in [-0.2, 0) is 6.54 Å². The predicted octanol–water partition coefficient (Wildman–Crippen LogP) is 2.89. The molecule has 0 saturated carbocycles. The maximum Gasteiger partial charge on any atom is 0.123 e. The van der Waals surface area contributed by atoms with Crippen LogP contribution in [0.15, 0.2) is 54.9 Å². The van der Waals surface area contributed by atoms with E-state index in [1.807, 2.05) is 49.4 Å². The Morgan fingerprint density at radius 2 is 2.00 bits per heavy atom. The first-order valence-electron chi connectivity index (χ1n) is 6.73. The molecule has 0 atom stereocenters. The Hall–Kier alpha value is -2.82. The fourth-order valence-corrected chi connectivity index (χ4v) is 2.21. The second kappa shape index (κ2) is 5.66. The van der Waals surface area contributed by atoms with Gasteiger partial charge in [-0.05, 0) is 24.6 Å². The van der Waals surface area contributed by atoms with Gasteiger partial charge in [-0.2, -0.15) is 0 Å². The van der Waals surface area contributed by atoms with E-state index in [2.05, 4.69) is 15.6 Å². The van der Waals surface area contributed by atoms with Crippen LogP contribution in [-0.4, -0.2) is 20.1 Å². The van der Waals surface area contributed by atoms with Gasteiger partial charge in [-0.15, -0.1) is 5.10 Å². The quantitative estimate of drug-likeness (QED) is 0.771. The van der Waals surface area contributed by atoms with E-state index in [0.717, 1.165) is 22.5 Å². The summed E-state index contributed by atoms with van der Waals surface area (Å²) in [5, 5.41) is 21.2. The lowest BCUT2D eigenvalue weighted by atomic mass is 10.1. The fourth-order valence-electron chi connectivity index (χ4n) is 2.21. The van der Waals surface area contributed by atoms with Gasteiger partial charge in [-0.3, -0.25) is 0 Å². The molecule has 0 radical (unpaired) electrons. The first-order valence-corrected chi connectivity index (χ1v) is 6.73. The number of aryl methyl sites for hydroxylation is 1. The molecule has 0 bridgehead atoms. The van der Waals surface area contributed by atoms with Gasteiger partial charge in [0.05, 0.1) is 23.8 Å². The van der Waals surface area contributed by atoms with Gasteiger partial charge in [-0.1, -0.05) is 35.5 Å². The zero-order valence-electron chi connectivity index (χ0n) is 11.7. The van der Waals surface area contributed by atoms with E-state index in [1.165, 1.54) is 0 Å². The molecule has 0 amide bonds. The molecule has 3 rings (SSSR count). The third-order valence-electron chi connectivity index (χ3n) is 3.36. The van der Waals surface area contributed by atoms with Crippen LogP contribution in [0, 0.1) is 6.92 Å². The third kappa shape index (κ3) is 2.72. The van der Waals surface area contributed by atoms with Crippen molar-refractivity contribution in [1.29, 1.82) is 0 Å². The SMILES string of the molecule is Cc1cccc(CNc2ccccc2-n2ccnn2)c1O. The standard InChI is InChI=1S/C16H16N4O/c1-12-5-4-6-13(16(12)21)11-17-14-7-2-3-8-15(14)20-10-9-18-19-20/h2-10,17,21H,11H2,1H3. The number of aromatic nitrogens is 3. The highest BCUT2D eigenvalue weighted by atomic mass is 16.3. The average molecular weight is 280 g/mol. The predicted molar refractivity (Wildman–Crippen MR) is 81.5 cm³/mol. The van der Waals surface area contributed by atoms with Crippen LogP contribution >= 0.6 is 0 Å². The minimum atomic E-state index is 0.336. The Kier molecular flexibility index (Phi) is 3.55. The van der Waals surface area contributed by atoms with Crippen molar-refractivity contribution in [3.05, 3.63) is 66.0 Å². The lowest BCUT2D eigenvalue weighted by molar-refractivity contribution is 0.465. The van der Waals surface area contributed by atoms with Crippen LogP contribution < -0.4 is 5.32 Å². The van der Waals surface area contributed by atoms with Gasteiger partial charge in [0, 0.05) is 12.1 Å². The molecule has 106 valence electrons. The Morgan fingerprint density at radius 1 is 1.14 bits per heavy atom. The summed E-state index contributed by atoms with van der Waals surface area (Å²) in [5.74, 6) is 0.336. The maximum atomic E-state index is 10.1. The second-order valence-electron chi connectivity index (χ2n) is 4.80. The summed E-state index contributed by atoms with van der Waals surface area (Å²) in [6.45, 7) is 2.43. The highest BCUT2D eigenvalue weighted by Crippen LogP contribution is 2.24. The number of nitrogens with zero attached hydrogens (tertiary/aromatic N) is 3. The second-order valence-corrected chi connectivity index (χ2v) is 4.80. The summed E-state index contributed by atoms with van der Waals surface area (Å²) in [7, 11) is 0. The largest absolute Gasteiger partial charge is 0.507 e. The molecule has 5 heteroatoms. The van der Waals surface area contributed by atoms with E-state index in [9.17, 15) is 5.11 Å². The van der Waals surface area contributed by atoms with E-state index in [-0.39, 0.29) is 0 Å². The fraction of sp³-hybridized carbons (Fsp3) is 0.125. The zero-order chi connectivity index (χ0) is 14.7. The summed E-state index contributed by atoms with van der Waals surface area (Å²) < 4.78 is 1.71. The Labute approximate surface area is 122 Å². The Bertz CT molecular complexity index is 738. The highest BCUT2D eigenvalue weighted by molar-refractivity contribution is 5.61. The van der Waals surface area contributed by atoms with Gasteiger partial charge in [0.25, 0.3) is 0 Å². The van der Waals surface area contributed by atoms with Crippen molar-refractivity contribution in [2.24, 2.45) is 0 Å². The van der Waals surface area contributed by atoms with Crippen molar-refractivity contribution in [2.75, 3.05) is 5.32 Å². The molecule has 0 spiro atoms. The van der Waals surface area contributed by atoms with Crippen molar-refractivity contribution in [3.8, 4) is 11.4 Å². The van der Waals surface area contributed by atoms with Crippen LogP contribution in [0.2, 0.25) is 0 Å². The maximum absolute atomic E-state index is 10.1. The molecule has 1 aromatic heterocycles. The molecule has 0 aliphatic rings. The van der Waals surface area contributed by atoms with Crippen LogP contribution in [0.4, 0.5) is 5.69 Å². The van der Waals surface area contributed by atoms with Gasteiger partial charge in [0.1, 0.15) is 5.75 Å². The monoisotopic (exact) mass is 280 g/mol. The van der Waals surface area contributed by atoms with Crippen LogP contribution in [0.1, 0.15) is 11.1 Å². The minimum absolute atomic E-state index is 0.336. The smallest absolute Gasteiger partial charge is 0.123 e. The topological polar surface area (TPSA) is 63.0 Å². The lowest BCUT2D eigenvalue weighted by Crippen LogP contribution is -2.05. The van der Waals surface area contributed by atoms with Gasteiger partial charge in [0.2, 0.25) is 0 Å². The van der Waals surface area contributed by atoms with E-state index in [1.54, 1.807) is 17.1 Å². The number of phenols is 1. The molecule has 2 N–H and O–H groups in total. The number of hydrogen-bond acceptors (Lipinski definition) is 4. The number of phenolic OH excluding ortho intramolecular Hbond substituents is 1. The number of rotatable bonds is 4. The number of anilines is 1. The Balaban J connectivity index is 1.85. The van der Waals surface area contributed by atoms with Crippen molar-refractivity contribution >= 4 is 5.69 Å². The van der Waals surface area contributed by atoms with Crippen molar-refractivity contribution in [2.45, 2.75) is 13.5 Å². The van der Waals surface area contributed by atoms with Crippen molar-refractivity contribution < 1.29 is 5.11 Å². The lowest BCUT2D eigenvalue weighted by Gasteiger charge is -2.13. The molecule has 3 aromatic rings. The number of hydrogen-bond donors (Lipinski definition) is 2. The molecule has 5 nitrogen and oxygen atoms in total. The normalized spacial score (nSPS) is 10.5. The summed E-state index contributed by atoms with van der Waals surface area (Å²) >= 11 is 0. The molecule has 0 unspecified atom stereocenters. The molecule has 2 aromatic carbocycles. The number of benzene rings is 2. The van der Waals surface area contributed by atoms with E-state index in [4.69, 9.17) is 0 Å². The molecule has 21 heavy (non-hydrogen) atoms. The summed E-state index contributed by atoms with van der Waals surface area (Å²) in [5.41, 5.74) is 3.59. The number of nitrogens with one attached hydrogen (secondary N) is 1. The highest BCUT2D eigenvalue weighted by Gasteiger charge is 2.07. The number of aromatic hydroxyl groups is 1. The van der Waals surface area contributed by atoms with Crippen LogP contribution in [0.25, 0.3) is 5.69 Å². The van der Waals surface area contributed by atoms with Crippen molar-refractivity contribution in [3.63, 3.8) is 0 Å². The Morgan fingerprint density at radius 3 is 2.81 bits per heavy atom. The van der Waals surface area contributed by atoms with Crippen LogP contribution in [0.5, 0.6) is 5.75 Å². The first kappa shape index (κ1) is 13.2. The van der Waals surface area contributed by atoms with Gasteiger partial charge in [0.15, 0.2) is 0 Å². The summed E-state index contributed by atoms with van der Waals surface area (Å²) in [4.78, 5) is 0. The molecular formula is C16H16N4O. The zero-order valence-corrected chi connectivity index (χ0v) is 11.7. The molecule has 0 aliphatic carbocycles. The number of para-hydroxylation sites is 3. The van der Waals surface area contributed by atoms with Crippen LogP contribution in [0.3, 0.4) is 0 Å². The molecule has 0 fully saturated rings. The third-order valence-corrected chi connectivity index (χ3v) is 3.36. The molecule has 1 heterocycles. The minimum Gasteiger partial charge on any atom is -0.507 e. The summed E-state index contributed by atoms with van der Waals surface area (Å²) in [6.07, 6.45) is 3.44. The van der Waals surface area contributed by atoms with Gasteiger partial charge >= 0.3 is 0 Å². The average Bonchev–Trinajstić information content (AvgIpc) is 3.03. The molecular weight excluding hydrogens is 264 g/mol. The van der Waals surface area contributed by atoms with Crippen molar-refractivity contribution in [1.82, 2.24) is 15.0 Å². The van der Waals surface area contributed by atoms with E-state index >= 15 is 0 Å². The molecule has 0 saturated heterocycles. The summed E-state index contributed by atoms with van der Waals surface area (Å²) in [6, 6.07) is 13.6.